The molecule has 0 saturated carbocycles. The Morgan fingerprint density at radius 1 is 1.03 bits per heavy atom. The van der Waals surface area contributed by atoms with Gasteiger partial charge < -0.3 is 9.80 Å². The number of halogens is 4. The molecule has 6 nitrogen and oxygen atoms in total. The first kappa shape index (κ1) is 20.2. The van der Waals surface area contributed by atoms with Crippen LogP contribution in [0.3, 0.4) is 0 Å². The molecule has 0 radical (unpaired) electrons. The van der Waals surface area contributed by atoms with Crippen LogP contribution in [0.4, 0.5) is 19.0 Å². The smallest absolute Gasteiger partial charge is 0.352 e. The number of carbonyl (C=O) groups excluding carboxylic acids is 1. The molecule has 1 aromatic carbocycles. The first-order valence-corrected chi connectivity index (χ1v) is 9.59. The Labute approximate surface area is 175 Å². The number of carbonyl (C=O) groups is 1. The van der Waals surface area contributed by atoms with Gasteiger partial charge in [-0.15, -0.1) is 0 Å². The van der Waals surface area contributed by atoms with Crippen molar-refractivity contribution in [2.24, 2.45) is 0 Å². The Kier molecular flexibility index (Phi) is 5.38. The second-order valence-corrected chi connectivity index (χ2v) is 7.19. The van der Waals surface area contributed by atoms with E-state index >= 15 is 0 Å². The Morgan fingerprint density at radius 3 is 2.37 bits per heavy atom. The van der Waals surface area contributed by atoms with Crippen LogP contribution in [0.5, 0.6) is 0 Å². The first-order chi connectivity index (χ1) is 14.3. The average Bonchev–Trinajstić information content (AvgIpc) is 3.24. The number of piperazine rings is 1. The SMILES string of the molecule is O=C(c1ccn(-c2ccccc2)n1)N1CCN(c2ncc(C(F)(F)F)cc2Cl)CC1. The van der Waals surface area contributed by atoms with Crippen LogP contribution in [0.25, 0.3) is 5.69 Å². The van der Waals surface area contributed by atoms with Crippen molar-refractivity contribution in [2.45, 2.75) is 6.18 Å². The zero-order chi connectivity index (χ0) is 21.3. The molecule has 3 aromatic rings. The van der Waals surface area contributed by atoms with Crippen molar-refractivity contribution in [1.29, 1.82) is 0 Å². The molecule has 0 N–H and O–H groups in total. The standard InChI is InChI=1S/C20H17ClF3N5O/c21-16-12-14(20(22,23)24)13-25-18(16)27-8-10-28(11-9-27)19(30)17-6-7-29(26-17)15-4-2-1-3-5-15/h1-7,12-13H,8-11H2. The quantitative estimate of drug-likeness (QED) is 0.626. The summed E-state index contributed by atoms with van der Waals surface area (Å²) in [6.45, 7) is 1.58. The number of aromatic nitrogens is 3. The minimum atomic E-state index is -4.50. The van der Waals surface area contributed by atoms with E-state index in [1.807, 2.05) is 30.3 Å². The summed E-state index contributed by atoms with van der Waals surface area (Å²) in [5.41, 5.74) is 0.293. The van der Waals surface area contributed by atoms with Crippen LogP contribution < -0.4 is 4.90 Å². The van der Waals surface area contributed by atoms with Gasteiger partial charge in [0.2, 0.25) is 0 Å². The van der Waals surface area contributed by atoms with E-state index in [0.29, 0.717) is 31.9 Å². The van der Waals surface area contributed by atoms with Crippen LogP contribution in [-0.2, 0) is 6.18 Å². The third kappa shape index (κ3) is 4.11. The van der Waals surface area contributed by atoms with Crippen molar-refractivity contribution in [2.75, 3.05) is 31.1 Å². The summed E-state index contributed by atoms with van der Waals surface area (Å²) in [5.74, 6) is 0.0842. The van der Waals surface area contributed by atoms with Gasteiger partial charge in [-0.3, -0.25) is 4.79 Å². The van der Waals surface area contributed by atoms with Crippen molar-refractivity contribution >= 4 is 23.3 Å². The summed E-state index contributed by atoms with van der Waals surface area (Å²) >= 11 is 6.03. The second kappa shape index (κ2) is 7.98. The number of anilines is 1. The van der Waals surface area contributed by atoms with Gasteiger partial charge in [-0.1, -0.05) is 29.8 Å². The van der Waals surface area contributed by atoms with Gasteiger partial charge >= 0.3 is 6.18 Å². The van der Waals surface area contributed by atoms with Crippen molar-refractivity contribution in [3.8, 4) is 5.69 Å². The molecular weight excluding hydrogens is 419 g/mol. The Hall–Kier alpha value is -3.07. The zero-order valence-electron chi connectivity index (χ0n) is 15.7. The molecule has 1 saturated heterocycles. The number of benzene rings is 1. The lowest BCUT2D eigenvalue weighted by Crippen LogP contribution is -2.49. The van der Waals surface area contributed by atoms with Crippen LogP contribution in [0.1, 0.15) is 16.1 Å². The van der Waals surface area contributed by atoms with Gasteiger partial charge in [-0.25, -0.2) is 9.67 Å². The minimum Gasteiger partial charge on any atom is -0.352 e. The number of pyridine rings is 1. The number of nitrogens with zero attached hydrogens (tertiary/aromatic N) is 5. The lowest BCUT2D eigenvalue weighted by Gasteiger charge is -2.35. The fourth-order valence-electron chi connectivity index (χ4n) is 3.26. The molecule has 0 spiro atoms. The molecule has 0 aliphatic carbocycles. The molecule has 3 heterocycles. The predicted molar refractivity (Wildman–Crippen MR) is 106 cm³/mol. The highest BCUT2D eigenvalue weighted by Gasteiger charge is 2.32. The normalized spacial score (nSPS) is 14.8. The van der Waals surface area contributed by atoms with E-state index in [4.69, 9.17) is 11.6 Å². The molecule has 1 fully saturated rings. The number of alkyl halides is 3. The highest BCUT2D eigenvalue weighted by molar-refractivity contribution is 6.33. The van der Waals surface area contributed by atoms with Gasteiger partial charge in [0.25, 0.3) is 5.91 Å². The zero-order valence-corrected chi connectivity index (χ0v) is 16.4. The number of amides is 1. The van der Waals surface area contributed by atoms with E-state index in [1.165, 1.54) is 0 Å². The molecule has 1 aliphatic rings. The van der Waals surface area contributed by atoms with Crippen molar-refractivity contribution in [3.63, 3.8) is 0 Å². The van der Waals surface area contributed by atoms with Crippen molar-refractivity contribution < 1.29 is 18.0 Å². The molecule has 2 aromatic heterocycles. The van der Waals surface area contributed by atoms with Gasteiger partial charge in [-0.2, -0.15) is 18.3 Å². The van der Waals surface area contributed by atoms with Crippen LogP contribution in [-0.4, -0.2) is 51.8 Å². The molecule has 1 amide bonds. The van der Waals surface area contributed by atoms with E-state index in [9.17, 15) is 18.0 Å². The maximum atomic E-state index is 12.8. The number of para-hydroxylation sites is 1. The fourth-order valence-corrected chi connectivity index (χ4v) is 3.55. The maximum Gasteiger partial charge on any atom is 0.417 e. The summed E-state index contributed by atoms with van der Waals surface area (Å²) in [6.07, 6.45) is -2.00. The Balaban J connectivity index is 1.41. The van der Waals surface area contributed by atoms with Gasteiger partial charge in [-0.05, 0) is 24.3 Å². The molecule has 1 aliphatic heterocycles. The van der Waals surface area contributed by atoms with Gasteiger partial charge in [0, 0.05) is 38.6 Å². The highest BCUT2D eigenvalue weighted by Crippen LogP contribution is 2.33. The van der Waals surface area contributed by atoms with Gasteiger partial charge in [0.1, 0.15) is 5.82 Å². The van der Waals surface area contributed by atoms with Crippen LogP contribution in [0, 0.1) is 0 Å². The van der Waals surface area contributed by atoms with E-state index < -0.39 is 11.7 Å². The summed E-state index contributed by atoms with van der Waals surface area (Å²) in [7, 11) is 0. The Bertz CT molecular complexity index is 1050. The fraction of sp³-hybridized carbons (Fsp3) is 0.250. The second-order valence-electron chi connectivity index (χ2n) is 6.79. The molecular formula is C20H17ClF3N5O. The van der Waals surface area contributed by atoms with Gasteiger partial charge in [0.15, 0.2) is 5.69 Å². The summed E-state index contributed by atoms with van der Waals surface area (Å²) in [5, 5.41) is 4.29. The average molecular weight is 436 g/mol. The predicted octanol–water partition coefficient (Wildman–Crippen LogP) is 3.90. The Morgan fingerprint density at radius 2 is 1.73 bits per heavy atom. The maximum absolute atomic E-state index is 12.8. The van der Waals surface area contributed by atoms with E-state index in [2.05, 4.69) is 10.1 Å². The topological polar surface area (TPSA) is 54.3 Å². The molecule has 0 atom stereocenters. The summed E-state index contributed by atoms with van der Waals surface area (Å²) in [6, 6.07) is 12.0. The highest BCUT2D eigenvalue weighted by atomic mass is 35.5. The monoisotopic (exact) mass is 435 g/mol. The van der Waals surface area contributed by atoms with E-state index in [1.54, 1.807) is 26.7 Å². The van der Waals surface area contributed by atoms with E-state index in [0.717, 1.165) is 18.0 Å². The number of hydrogen-bond acceptors (Lipinski definition) is 4. The molecule has 0 unspecified atom stereocenters. The molecule has 30 heavy (non-hydrogen) atoms. The summed E-state index contributed by atoms with van der Waals surface area (Å²) in [4.78, 5) is 20.1. The first-order valence-electron chi connectivity index (χ1n) is 9.21. The van der Waals surface area contributed by atoms with Crippen LogP contribution >= 0.6 is 11.6 Å². The van der Waals surface area contributed by atoms with Crippen molar-refractivity contribution in [3.05, 3.63) is 71.1 Å². The van der Waals surface area contributed by atoms with Crippen molar-refractivity contribution in [1.82, 2.24) is 19.7 Å². The summed E-state index contributed by atoms with van der Waals surface area (Å²) < 4.78 is 40.0. The number of hydrogen-bond donors (Lipinski definition) is 0. The number of rotatable bonds is 3. The van der Waals surface area contributed by atoms with E-state index in [-0.39, 0.29) is 16.7 Å². The van der Waals surface area contributed by atoms with Crippen LogP contribution in [0.2, 0.25) is 5.02 Å². The third-order valence-corrected chi connectivity index (χ3v) is 5.12. The molecule has 10 heteroatoms. The lowest BCUT2D eigenvalue weighted by atomic mass is 10.2. The largest absolute Gasteiger partial charge is 0.417 e. The molecule has 156 valence electrons. The third-order valence-electron chi connectivity index (χ3n) is 4.84. The molecule has 0 bridgehead atoms. The van der Waals surface area contributed by atoms with Crippen LogP contribution in [0.15, 0.2) is 54.9 Å². The minimum absolute atomic E-state index is 0.0637. The molecule has 4 rings (SSSR count). The van der Waals surface area contributed by atoms with Gasteiger partial charge in [0.05, 0.1) is 16.3 Å². The lowest BCUT2D eigenvalue weighted by molar-refractivity contribution is -0.137.